The van der Waals surface area contributed by atoms with Gasteiger partial charge in [0.05, 0.1) is 16.6 Å². The lowest BCUT2D eigenvalue weighted by Crippen LogP contribution is -2.28. The van der Waals surface area contributed by atoms with Gasteiger partial charge in [-0.1, -0.05) is 6.07 Å². The SMILES string of the molecule is CC(C)(C)S(=O)(=O)c1ccc(NCCOc2cccc(F)c2)cn1. The number of benzene rings is 1. The smallest absolute Gasteiger partial charge is 0.200 e. The second-order valence-corrected chi connectivity index (χ2v) is 8.88. The van der Waals surface area contributed by atoms with Crippen molar-refractivity contribution >= 4 is 15.5 Å². The summed E-state index contributed by atoms with van der Waals surface area (Å²) in [4.78, 5) is 4.02. The highest BCUT2D eigenvalue weighted by molar-refractivity contribution is 7.92. The van der Waals surface area contributed by atoms with Crippen LogP contribution in [0, 0.1) is 5.82 Å². The fraction of sp³-hybridized carbons (Fsp3) is 0.353. The third kappa shape index (κ3) is 4.44. The van der Waals surface area contributed by atoms with Gasteiger partial charge in [-0.05, 0) is 45.0 Å². The van der Waals surface area contributed by atoms with Crippen molar-refractivity contribution in [3.8, 4) is 5.75 Å². The number of halogens is 1. The molecule has 1 heterocycles. The maximum Gasteiger partial charge on any atom is 0.200 e. The summed E-state index contributed by atoms with van der Waals surface area (Å²) in [6, 6.07) is 9.06. The van der Waals surface area contributed by atoms with Crippen LogP contribution in [0.15, 0.2) is 47.6 Å². The Kier molecular flexibility index (Phi) is 5.43. The lowest BCUT2D eigenvalue weighted by Gasteiger charge is -2.18. The number of pyridine rings is 1. The lowest BCUT2D eigenvalue weighted by atomic mass is 10.3. The molecule has 130 valence electrons. The van der Waals surface area contributed by atoms with E-state index in [0.29, 0.717) is 24.6 Å². The Balaban J connectivity index is 1.89. The van der Waals surface area contributed by atoms with Crippen LogP contribution in [0.25, 0.3) is 0 Å². The molecule has 7 heteroatoms. The minimum atomic E-state index is -3.46. The number of hydrogen-bond donors (Lipinski definition) is 1. The largest absolute Gasteiger partial charge is 0.492 e. The molecule has 0 unspecified atom stereocenters. The molecule has 0 atom stereocenters. The summed E-state index contributed by atoms with van der Waals surface area (Å²) < 4.78 is 42.1. The molecule has 0 aliphatic heterocycles. The molecule has 0 radical (unpaired) electrons. The average molecular weight is 352 g/mol. The summed E-state index contributed by atoms with van der Waals surface area (Å²) in [7, 11) is -3.46. The zero-order valence-electron chi connectivity index (χ0n) is 13.9. The van der Waals surface area contributed by atoms with E-state index >= 15 is 0 Å². The van der Waals surface area contributed by atoms with Crippen LogP contribution in [-0.4, -0.2) is 31.3 Å². The highest BCUT2D eigenvalue weighted by Crippen LogP contribution is 2.23. The molecule has 0 spiro atoms. The number of nitrogens with one attached hydrogen (secondary N) is 1. The predicted octanol–water partition coefficient (Wildman–Crippen LogP) is 3.28. The quantitative estimate of drug-likeness (QED) is 0.808. The highest BCUT2D eigenvalue weighted by atomic mass is 32.2. The van der Waals surface area contributed by atoms with Crippen molar-refractivity contribution in [3.63, 3.8) is 0 Å². The van der Waals surface area contributed by atoms with Crippen molar-refractivity contribution in [2.24, 2.45) is 0 Å². The Morgan fingerprint density at radius 1 is 1.21 bits per heavy atom. The third-order valence-electron chi connectivity index (χ3n) is 3.31. The van der Waals surface area contributed by atoms with Crippen LogP contribution in [0.2, 0.25) is 0 Å². The monoisotopic (exact) mass is 352 g/mol. The molecule has 0 amide bonds. The van der Waals surface area contributed by atoms with Gasteiger partial charge >= 0.3 is 0 Å². The van der Waals surface area contributed by atoms with Crippen molar-refractivity contribution in [3.05, 3.63) is 48.4 Å². The molecule has 0 saturated carbocycles. The number of rotatable bonds is 6. The second-order valence-electron chi connectivity index (χ2n) is 6.23. The van der Waals surface area contributed by atoms with Gasteiger partial charge in [0.1, 0.15) is 18.2 Å². The molecule has 2 aromatic rings. The first-order valence-electron chi connectivity index (χ1n) is 7.53. The highest BCUT2D eigenvalue weighted by Gasteiger charge is 2.31. The molecule has 1 aromatic heterocycles. The normalized spacial score (nSPS) is 12.0. The van der Waals surface area contributed by atoms with E-state index < -0.39 is 14.6 Å². The maximum atomic E-state index is 13.0. The van der Waals surface area contributed by atoms with Gasteiger partial charge in [-0.3, -0.25) is 0 Å². The minimum Gasteiger partial charge on any atom is -0.492 e. The molecule has 24 heavy (non-hydrogen) atoms. The summed E-state index contributed by atoms with van der Waals surface area (Å²) in [5, 5.41) is 3.12. The lowest BCUT2D eigenvalue weighted by molar-refractivity contribution is 0.331. The molecular formula is C17H21FN2O3S. The van der Waals surface area contributed by atoms with E-state index in [1.807, 2.05) is 0 Å². The van der Waals surface area contributed by atoms with Crippen molar-refractivity contribution in [2.75, 3.05) is 18.5 Å². The first-order valence-corrected chi connectivity index (χ1v) is 9.01. The second kappa shape index (κ2) is 7.17. The minimum absolute atomic E-state index is 0.0524. The summed E-state index contributed by atoms with van der Waals surface area (Å²) in [6.07, 6.45) is 1.47. The van der Waals surface area contributed by atoms with Crippen molar-refractivity contribution in [1.29, 1.82) is 0 Å². The van der Waals surface area contributed by atoms with Crippen LogP contribution in [0.3, 0.4) is 0 Å². The first kappa shape index (κ1) is 18.2. The van der Waals surface area contributed by atoms with Gasteiger partial charge < -0.3 is 10.1 Å². The molecule has 0 aliphatic carbocycles. The Morgan fingerprint density at radius 3 is 2.54 bits per heavy atom. The van der Waals surface area contributed by atoms with Gasteiger partial charge in [-0.2, -0.15) is 0 Å². The van der Waals surface area contributed by atoms with Crippen molar-refractivity contribution < 1.29 is 17.5 Å². The molecule has 0 bridgehead atoms. The fourth-order valence-electron chi connectivity index (χ4n) is 1.88. The van der Waals surface area contributed by atoms with Crippen molar-refractivity contribution in [2.45, 2.75) is 30.5 Å². The summed E-state index contributed by atoms with van der Waals surface area (Å²) in [5.41, 5.74) is 0.686. The number of aromatic nitrogens is 1. The summed E-state index contributed by atoms with van der Waals surface area (Å²) in [5.74, 6) is 0.113. The topological polar surface area (TPSA) is 68.3 Å². The summed E-state index contributed by atoms with van der Waals surface area (Å²) >= 11 is 0. The van der Waals surface area contributed by atoms with Gasteiger partial charge in [-0.15, -0.1) is 0 Å². The van der Waals surface area contributed by atoms with Crippen LogP contribution in [0.5, 0.6) is 5.75 Å². The molecule has 0 fully saturated rings. The zero-order valence-corrected chi connectivity index (χ0v) is 14.7. The van der Waals surface area contributed by atoms with E-state index in [2.05, 4.69) is 10.3 Å². The van der Waals surface area contributed by atoms with Crippen LogP contribution in [0.1, 0.15) is 20.8 Å². The Hall–Kier alpha value is -2.15. The molecular weight excluding hydrogens is 331 g/mol. The van der Waals surface area contributed by atoms with E-state index in [1.54, 1.807) is 39.0 Å². The van der Waals surface area contributed by atoms with Gasteiger partial charge in [0.2, 0.25) is 0 Å². The number of anilines is 1. The molecule has 1 aromatic carbocycles. The predicted molar refractivity (Wildman–Crippen MR) is 91.6 cm³/mol. The van der Waals surface area contributed by atoms with E-state index in [-0.39, 0.29) is 10.8 Å². The number of hydrogen-bond acceptors (Lipinski definition) is 5. The first-order chi connectivity index (χ1) is 11.2. The number of sulfone groups is 1. The molecule has 2 rings (SSSR count). The van der Waals surface area contributed by atoms with Crippen molar-refractivity contribution in [1.82, 2.24) is 4.98 Å². The van der Waals surface area contributed by atoms with E-state index in [0.717, 1.165) is 0 Å². The van der Waals surface area contributed by atoms with E-state index in [1.165, 1.54) is 24.4 Å². The van der Waals surface area contributed by atoms with Crippen LogP contribution < -0.4 is 10.1 Å². The Labute approximate surface area is 141 Å². The van der Waals surface area contributed by atoms with Gasteiger partial charge in [0, 0.05) is 12.6 Å². The van der Waals surface area contributed by atoms with Crippen LogP contribution in [-0.2, 0) is 9.84 Å². The van der Waals surface area contributed by atoms with Gasteiger partial charge in [0.25, 0.3) is 0 Å². The number of nitrogens with zero attached hydrogens (tertiary/aromatic N) is 1. The number of ether oxygens (including phenoxy) is 1. The Morgan fingerprint density at radius 2 is 1.96 bits per heavy atom. The molecule has 0 saturated heterocycles. The standard InChI is InChI=1S/C17H21FN2O3S/c1-17(2,3)24(21,22)16-8-7-14(12-20-16)19-9-10-23-15-6-4-5-13(18)11-15/h4-8,11-12,19H,9-10H2,1-3H3. The Bertz CT molecular complexity index is 784. The molecule has 0 aliphatic rings. The fourth-order valence-corrected chi connectivity index (χ4v) is 2.94. The van der Waals surface area contributed by atoms with E-state index in [4.69, 9.17) is 4.74 Å². The zero-order chi connectivity index (χ0) is 17.8. The van der Waals surface area contributed by atoms with Gasteiger partial charge in [-0.25, -0.2) is 17.8 Å². The van der Waals surface area contributed by atoms with Crippen LogP contribution >= 0.6 is 0 Å². The molecule has 5 nitrogen and oxygen atoms in total. The maximum absolute atomic E-state index is 13.0. The van der Waals surface area contributed by atoms with Crippen LogP contribution in [0.4, 0.5) is 10.1 Å². The average Bonchev–Trinajstić information content (AvgIpc) is 2.51. The summed E-state index contributed by atoms with van der Waals surface area (Å²) in [6.45, 7) is 5.73. The third-order valence-corrected chi connectivity index (χ3v) is 5.72. The molecule has 1 N–H and O–H groups in total. The van der Waals surface area contributed by atoms with Gasteiger partial charge in [0.15, 0.2) is 14.9 Å². The van der Waals surface area contributed by atoms with E-state index in [9.17, 15) is 12.8 Å².